The van der Waals surface area contributed by atoms with Crippen LogP contribution in [0.2, 0.25) is 4.34 Å². The lowest BCUT2D eigenvalue weighted by Crippen LogP contribution is -3.05. The van der Waals surface area contributed by atoms with Gasteiger partial charge in [-0.15, -0.1) is 11.3 Å². The summed E-state index contributed by atoms with van der Waals surface area (Å²) in [5, 5.41) is 0.757. The number of hydrogen-bond donors (Lipinski definition) is 1. The van der Waals surface area contributed by atoms with Crippen LogP contribution in [0, 0.1) is 6.92 Å². The van der Waals surface area contributed by atoms with E-state index in [0.717, 1.165) is 33.9 Å². The number of aryl methyl sites for hydroxylation is 1. The van der Waals surface area contributed by atoms with Crippen molar-refractivity contribution in [3.63, 3.8) is 0 Å². The van der Waals surface area contributed by atoms with Gasteiger partial charge in [-0.1, -0.05) is 35.1 Å². The number of aromatic nitrogens is 1. The Morgan fingerprint density at radius 2 is 2.04 bits per heavy atom. The quantitative estimate of drug-likeness (QED) is 0.694. The molecular formula is C18H21ClN3OS2+. The van der Waals surface area contributed by atoms with E-state index in [1.165, 1.54) is 16.2 Å². The predicted octanol–water partition coefficient (Wildman–Crippen LogP) is 3.50. The van der Waals surface area contributed by atoms with Crippen molar-refractivity contribution in [3.05, 3.63) is 45.1 Å². The molecule has 1 amide bonds. The number of carbonyl (C=O) groups is 1. The first kappa shape index (κ1) is 18.3. The minimum atomic E-state index is -0.0256. The van der Waals surface area contributed by atoms with Crippen LogP contribution >= 0.6 is 34.3 Å². The van der Waals surface area contributed by atoms with Crippen LogP contribution in [0.1, 0.15) is 21.7 Å². The van der Waals surface area contributed by atoms with Crippen LogP contribution in [-0.2, 0) is 0 Å². The highest BCUT2D eigenvalue weighted by molar-refractivity contribution is 7.22. The van der Waals surface area contributed by atoms with E-state index in [-0.39, 0.29) is 5.91 Å². The summed E-state index contributed by atoms with van der Waals surface area (Å²) in [5.74, 6) is -0.0256. The Morgan fingerprint density at radius 1 is 1.24 bits per heavy atom. The number of nitrogens with one attached hydrogen (secondary N) is 1. The molecule has 1 N–H and O–H groups in total. The largest absolute Gasteiger partial charge is 0.340 e. The Labute approximate surface area is 160 Å². The van der Waals surface area contributed by atoms with E-state index in [1.807, 2.05) is 19.1 Å². The number of amides is 1. The second-order valence-corrected chi connectivity index (χ2v) is 9.01. The van der Waals surface area contributed by atoms with Crippen molar-refractivity contribution in [1.82, 2.24) is 4.98 Å². The normalized spacial score (nSPS) is 11.4. The monoisotopic (exact) mass is 394 g/mol. The molecule has 2 aromatic heterocycles. The van der Waals surface area contributed by atoms with E-state index in [1.54, 1.807) is 28.4 Å². The minimum Gasteiger partial charge on any atom is -0.340 e. The van der Waals surface area contributed by atoms with Gasteiger partial charge in [0.1, 0.15) is 0 Å². The molecule has 25 heavy (non-hydrogen) atoms. The molecule has 0 aliphatic carbocycles. The molecule has 2 heterocycles. The zero-order valence-corrected chi connectivity index (χ0v) is 16.9. The molecule has 3 aromatic rings. The molecule has 0 saturated carbocycles. The number of anilines is 1. The molecule has 4 nitrogen and oxygen atoms in total. The van der Waals surface area contributed by atoms with Crippen LogP contribution in [-0.4, -0.2) is 38.1 Å². The summed E-state index contributed by atoms with van der Waals surface area (Å²) in [6.45, 7) is 3.70. The van der Waals surface area contributed by atoms with Gasteiger partial charge < -0.3 is 4.90 Å². The van der Waals surface area contributed by atoms with E-state index in [2.05, 4.69) is 20.2 Å². The molecule has 0 unspecified atom stereocenters. The van der Waals surface area contributed by atoms with Crippen LogP contribution in [0.3, 0.4) is 0 Å². The van der Waals surface area contributed by atoms with Crippen molar-refractivity contribution in [2.45, 2.75) is 13.3 Å². The smallest absolute Gasteiger partial charge is 0.270 e. The molecule has 0 bridgehead atoms. The van der Waals surface area contributed by atoms with Crippen molar-refractivity contribution >= 4 is 55.5 Å². The number of thiophene rings is 1. The van der Waals surface area contributed by atoms with Crippen LogP contribution in [0.25, 0.3) is 10.2 Å². The average Bonchev–Trinajstić information content (AvgIpc) is 3.18. The highest BCUT2D eigenvalue weighted by Crippen LogP contribution is 2.32. The Hall–Kier alpha value is -1.47. The lowest BCUT2D eigenvalue weighted by atomic mass is 10.2. The predicted molar refractivity (Wildman–Crippen MR) is 108 cm³/mol. The summed E-state index contributed by atoms with van der Waals surface area (Å²) in [6, 6.07) is 9.69. The van der Waals surface area contributed by atoms with E-state index >= 15 is 0 Å². The second-order valence-electron chi connectivity index (χ2n) is 6.29. The first-order valence-electron chi connectivity index (χ1n) is 8.18. The Bertz CT molecular complexity index is 887. The van der Waals surface area contributed by atoms with E-state index in [9.17, 15) is 4.79 Å². The zero-order chi connectivity index (χ0) is 18.0. The van der Waals surface area contributed by atoms with Crippen LogP contribution in [0.5, 0.6) is 0 Å². The van der Waals surface area contributed by atoms with Crippen LogP contribution < -0.4 is 9.80 Å². The first-order chi connectivity index (χ1) is 12.0. The van der Waals surface area contributed by atoms with E-state index < -0.39 is 0 Å². The third-order valence-corrected chi connectivity index (χ3v) is 6.19. The summed E-state index contributed by atoms with van der Waals surface area (Å²) >= 11 is 8.90. The Morgan fingerprint density at radius 3 is 2.68 bits per heavy atom. The third-order valence-electron chi connectivity index (χ3n) is 3.93. The summed E-state index contributed by atoms with van der Waals surface area (Å²) < 4.78 is 1.73. The number of carbonyl (C=O) groups excluding carboxylic acids is 1. The fourth-order valence-corrected chi connectivity index (χ4v) is 4.69. The fraction of sp³-hybridized carbons (Fsp3) is 0.333. The van der Waals surface area contributed by atoms with Gasteiger partial charge in [0, 0.05) is 13.0 Å². The molecule has 0 aliphatic rings. The maximum atomic E-state index is 13.0. The number of thiazole rings is 1. The van der Waals surface area contributed by atoms with Gasteiger partial charge in [-0.2, -0.15) is 0 Å². The summed E-state index contributed by atoms with van der Waals surface area (Å²) in [7, 11) is 4.23. The average molecular weight is 395 g/mol. The Kier molecular flexibility index (Phi) is 5.74. The number of hydrogen-bond acceptors (Lipinski definition) is 4. The van der Waals surface area contributed by atoms with Gasteiger partial charge in [0.05, 0.1) is 40.1 Å². The van der Waals surface area contributed by atoms with Crippen molar-refractivity contribution in [2.75, 3.05) is 32.1 Å². The molecule has 0 saturated heterocycles. The molecule has 1 aromatic carbocycles. The second kappa shape index (κ2) is 7.83. The van der Waals surface area contributed by atoms with Gasteiger partial charge in [0.15, 0.2) is 5.13 Å². The molecule has 3 rings (SSSR count). The maximum absolute atomic E-state index is 13.0. The molecule has 0 radical (unpaired) electrons. The lowest BCUT2D eigenvalue weighted by molar-refractivity contribution is -0.858. The highest BCUT2D eigenvalue weighted by Gasteiger charge is 2.23. The summed E-state index contributed by atoms with van der Waals surface area (Å²) in [5.41, 5.74) is 2.10. The fourth-order valence-electron chi connectivity index (χ4n) is 2.63. The summed E-state index contributed by atoms with van der Waals surface area (Å²) in [4.78, 5) is 21.6. The van der Waals surface area contributed by atoms with Gasteiger partial charge in [0.2, 0.25) is 0 Å². The van der Waals surface area contributed by atoms with Gasteiger partial charge in [0.25, 0.3) is 5.91 Å². The van der Waals surface area contributed by atoms with Crippen molar-refractivity contribution in [3.8, 4) is 0 Å². The highest BCUT2D eigenvalue weighted by atomic mass is 35.5. The standard InChI is InChI=1S/C18H20ClN3OS2/c1-12-6-4-7-13-16(12)20-18(25-13)22(11-5-10-21(2)3)17(23)14-8-9-15(19)24-14/h4,6-9H,5,10-11H2,1-3H3/p+1. The topological polar surface area (TPSA) is 37.6 Å². The maximum Gasteiger partial charge on any atom is 0.270 e. The number of para-hydroxylation sites is 1. The summed E-state index contributed by atoms with van der Waals surface area (Å²) in [6.07, 6.45) is 0.919. The number of quaternary nitrogens is 1. The number of halogens is 1. The van der Waals surface area contributed by atoms with Crippen LogP contribution in [0.15, 0.2) is 30.3 Å². The van der Waals surface area contributed by atoms with Crippen molar-refractivity contribution in [1.29, 1.82) is 0 Å². The van der Waals surface area contributed by atoms with E-state index in [0.29, 0.717) is 15.8 Å². The van der Waals surface area contributed by atoms with Gasteiger partial charge in [-0.05, 0) is 30.7 Å². The first-order valence-corrected chi connectivity index (χ1v) is 10.2. The zero-order valence-electron chi connectivity index (χ0n) is 14.5. The van der Waals surface area contributed by atoms with Gasteiger partial charge in [-0.25, -0.2) is 4.98 Å². The Balaban J connectivity index is 1.93. The van der Waals surface area contributed by atoms with E-state index in [4.69, 9.17) is 16.6 Å². The lowest BCUT2D eigenvalue weighted by Gasteiger charge is -2.19. The molecule has 132 valence electrons. The molecule has 0 aliphatic heterocycles. The molecule has 0 atom stereocenters. The van der Waals surface area contributed by atoms with Crippen molar-refractivity contribution in [2.24, 2.45) is 0 Å². The molecule has 7 heteroatoms. The number of nitrogens with zero attached hydrogens (tertiary/aromatic N) is 2. The minimum absolute atomic E-state index is 0.0256. The van der Waals surface area contributed by atoms with Crippen molar-refractivity contribution < 1.29 is 9.69 Å². The van der Waals surface area contributed by atoms with Crippen LogP contribution in [0.4, 0.5) is 5.13 Å². The SMILES string of the molecule is Cc1cccc2sc(N(CCC[NH+](C)C)C(=O)c3ccc(Cl)s3)nc12. The number of rotatable bonds is 6. The van der Waals surface area contributed by atoms with Gasteiger partial charge >= 0.3 is 0 Å². The number of fused-ring (bicyclic) bond motifs is 1. The molecule has 0 spiro atoms. The third kappa shape index (κ3) is 4.20. The van der Waals surface area contributed by atoms with Gasteiger partial charge in [-0.3, -0.25) is 9.69 Å². The molecule has 0 fully saturated rings. The molecular weight excluding hydrogens is 374 g/mol. The number of benzene rings is 1.